The van der Waals surface area contributed by atoms with Gasteiger partial charge in [0.1, 0.15) is 0 Å². The van der Waals surface area contributed by atoms with Crippen molar-refractivity contribution in [1.82, 2.24) is 0 Å². The minimum atomic E-state index is -0.911. The quantitative estimate of drug-likeness (QED) is 0.644. The van der Waals surface area contributed by atoms with Crippen molar-refractivity contribution in [2.75, 3.05) is 0 Å². The Kier molecular flexibility index (Phi) is 2.18. The highest BCUT2D eigenvalue weighted by atomic mass is 16.4. The zero-order chi connectivity index (χ0) is 8.48. The van der Waals surface area contributed by atoms with Gasteiger partial charge < -0.3 is 10.2 Å². The minimum absolute atomic E-state index is 0.113. The molecule has 1 aliphatic rings. The smallest absolute Gasteiger partial charge is 0.305 e. The molecular weight excluding hydrogens is 144 g/mol. The lowest BCUT2D eigenvalue weighted by molar-refractivity contribution is -0.142. The first-order valence-corrected chi connectivity index (χ1v) is 3.94. The van der Waals surface area contributed by atoms with Crippen LogP contribution in [0, 0.1) is 5.41 Å². The Balaban J connectivity index is 2.40. The first-order chi connectivity index (χ1) is 5.04. The van der Waals surface area contributed by atoms with Crippen LogP contribution in [0.4, 0.5) is 0 Å². The van der Waals surface area contributed by atoms with E-state index in [1.807, 2.05) is 6.92 Å². The van der Waals surface area contributed by atoms with E-state index in [4.69, 9.17) is 5.11 Å². The summed E-state index contributed by atoms with van der Waals surface area (Å²) in [6.45, 7) is 1.95. The fourth-order valence-corrected chi connectivity index (χ4v) is 1.48. The molecule has 0 bridgehead atoms. The molecular formula is C8H14O3. The van der Waals surface area contributed by atoms with Crippen LogP contribution >= 0.6 is 0 Å². The number of hydrogen-bond acceptors (Lipinski definition) is 2. The van der Waals surface area contributed by atoms with Crippen molar-refractivity contribution < 1.29 is 15.0 Å². The summed E-state index contributed by atoms with van der Waals surface area (Å²) in [7, 11) is 0. The van der Waals surface area contributed by atoms with Crippen molar-refractivity contribution in [3.8, 4) is 0 Å². The maximum absolute atomic E-state index is 10.2. The summed E-state index contributed by atoms with van der Waals surface area (Å²) in [5.74, 6) is -0.911. The molecule has 3 nitrogen and oxygen atoms in total. The Bertz CT molecular complexity index is 161. The second-order valence-electron chi connectivity index (χ2n) is 3.62. The highest BCUT2D eigenvalue weighted by Gasteiger charge is 2.39. The maximum Gasteiger partial charge on any atom is 0.305 e. The molecule has 1 fully saturated rings. The largest absolute Gasteiger partial charge is 0.481 e. The van der Waals surface area contributed by atoms with Crippen LogP contribution in [-0.4, -0.2) is 22.3 Å². The van der Waals surface area contributed by atoms with Gasteiger partial charge in [-0.2, -0.15) is 0 Å². The molecule has 1 saturated carbocycles. The van der Waals surface area contributed by atoms with E-state index in [1.54, 1.807) is 0 Å². The fourth-order valence-electron chi connectivity index (χ4n) is 1.48. The SMILES string of the molecule is CC1(C(O)CC(=O)O)CCC1. The van der Waals surface area contributed by atoms with E-state index >= 15 is 0 Å². The summed E-state index contributed by atoms with van der Waals surface area (Å²) in [5.41, 5.74) is -0.113. The van der Waals surface area contributed by atoms with Crippen LogP contribution in [-0.2, 0) is 4.79 Å². The first-order valence-electron chi connectivity index (χ1n) is 3.94. The van der Waals surface area contributed by atoms with E-state index in [-0.39, 0.29) is 11.8 Å². The van der Waals surface area contributed by atoms with E-state index in [2.05, 4.69) is 0 Å². The Morgan fingerprint density at radius 2 is 2.18 bits per heavy atom. The lowest BCUT2D eigenvalue weighted by atomic mass is 9.66. The standard InChI is InChI=1S/C8H14O3/c1-8(3-2-4-8)6(9)5-7(10)11/h6,9H,2-5H2,1H3,(H,10,11). The molecule has 0 saturated heterocycles. The molecule has 11 heavy (non-hydrogen) atoms. The van der Waals surface area contributed by atoms with Crippen molar-refractivity contribution in [2.45, 2.75) is 38.7 Å². The monoisotopic (exact) mass is 158 g/mol. The van der Waals surface area contributed by atoms with Crippen molar-refractivity contribution in [3.63, 3.8) is 0 Å². The topological polar surface area (TPSA) is 57.5 Å². The molecule has 64 valence electrons. The number of aliphatic hydroxyl groups excluding tert-OH is 1. The number of carbonyl (C=O) groups is 1. The summed E-state index contributed by atoms with van der Waals surface area (Å²) in [6.07, 6.45) is 2.26. The van der Waals surface area contributed by atoms with E-state index in [1.165, 1.54) is 0 Å². The number of aliphatic carboxylic acids is 1. The van der Waals surface area contributed by atoms with Crippen LogP contribution in [0.2, 0.25) is 0 Å². The van der Waals surface area contributed by atoms with Crippen LogP contribution in [0.5, 0.6) is 0 Å². The predicted octanol–water partition coefficient (Wildman–Crippen LogP) is 1.01. The van der Waals surface area contributed by atoms with E-state index in [0.29, 0.717) is 0 Å². The van der Waals surface area contributed by atoms with Gasteiger partial charge in [-0.3, -0.25) is 4.79 Å². The molecule has 1 aliphatic carbocycles. The zero-order valence-electron chi connectivity index (χ0n) is 6.71. The van der Waals surface area contributed by atoms with Crippen molar-refractivity contribution in [2.24, 2.45) is 5.41 Å². The first kappa shape index (κ1) is 8.53. The van der Waals surface area contributed by atoms with Crippen LogP contribution in [0.25, 0.3) is 0 Å². The molecule has 0 aromatic carbocycles. The normalized spacial score (nSPS) is 23.8. The third kappa shape index (κ3) is 1.71. The molecule has 0 heterocycles. The number of carboxylic acids is 1. The lowest BCUT2D eigenvalue weighted by Gasteiger charge is -2.41. The molecule has 3 heteroatoms. The predicted molar refractivity (Wildman–Crippen MR) is 40.2 cm³/mol. The van der Waals surface area contributed by atoms with Gasteiger partial charge in [0.2, 0.25) is 0 Å². The van der Waals surface area contributed by atoms with Crippen LogP contribution in [0.15, 0.2) is 0 Å². The molecule has 0 aliphatic heterocycles. The molecule has 0 aromatic heterocycles. The van der Waals surface area contributed by atoms with Gasteiger partial charge in [-0.25, -0.2) is 0 Å². The summed E-state index contributed by atoms with van der Waals surface area (Å²) in [6, 6.07) is 0. The van der Waals surface area contributed by atoms with Gasteiger partial charge in [0.15, 0.2) is 0 Å². The highest BCUT2D eigenvalue weighted by Crippen LogP contribution is 2.44. The van der Waals surface area contributed by atoms with Crippen molar-refractivity contribution in [3.05, 3.63) is 0 Å². The van der Waals surface area contributed by atoms with Crippen LogP contribution in [0.1, 0.15) is 32.6 Å². The fraction of sp³-hybridized carbons (Fsp3) is 0.875. The average molecular weight is 158 g/mol. The third-order valence-electron chi connectivity index (χ3n) is 2.67. The molecule has 0 radical (unpaired) electrons. The Morgan fingerprint density at radius 3 is 2.45 bits per heavy atom. The minimum Gasteiger partial charge on any atom is -0.481 e. The summed E-state index contributed by atoms with van der Waals surface area (Å²) >= 11 is 0. The van der Waals surface area contributed by atoms with Crippen LogP contribution < -0.4 is 0 Å². The Hall–Kier alpha value is -0.570. The van der Waals surface area contributed by atoms with Gasteiger partial charge >= 0.3 is 5.97 Å². The number of hydrogen-bond donors (Lipinski definition) is 2. The number of aliphatic hydroxyl groups is 1. The lowest BCUT2D eigenvalue weighted by Crippen LogP contribution is -2.39. The van der Waals surface area contributed by atoms with Gasteiger partial charge in [0, 0.05) is 0 Å². The van der Waals surface area contributed by atoms with E-state index in [9.17, 15) is 9.90 Å². The molecule has 2 N–H and O–H groups in total. The number of rotatable bonds is 3. The van der Waals surface area contributed by atoms with Gasteiger partial charge in [0.05, 0.1) is 12.5 Å². The van der Waals surface area contributed by atoms with Crippen molar-refractivity contribution in [1.29, 1.82) is 0 Å². The Morgan fingerprint density at radius 1 is 1.64 bits per heavy atom. The Labute approximate surface area is 66.0 Å². The van der Waals surface area contributed by atoms with Gasteiger partial charge in [-0.1, -0.05) is 13.3 Å². The molecule has 0 aromatic rings. The second kappa shape index (κ2) is 2.81. The van der Waals surface area contributed by atoms with Gasteiger partial charge in [-0.05, 0) is 18.3 Å². The summed E-state index contributed by atoms with van der Waals surface area (Å²) < 4.78 is 0. The molecule has 0 amide bonds. The van der Waals surface area contributed by atoms with Gasteiger partial charge in [0.25, 0.3) is 0 Å². The number of carboxylic acid groups (broad SMARTS) is 1. The van der Waals surface area contributed by atoms with Gasteiger partial charge in [-0.15, -0.1) is 0 Å². The highest BCUT2D eigenvalue weighted by molar-refractivity contribution is 5.67. The summed E-state index contributed by atoms with van der Waals surface area (Å²) in [5, 5.41) is 17.8. The van der Waals surface area contributed by atoms with E-state index in [0.717, 1.165) is 19.3 Å². The second-order valence-corrected chi connectivity index (χ2v) is 3.62. The van der Waals surface area contributed by atoms with E-state index < -0.39 is 12.1 Å². The molecule has 0 spiro atoms. The van der Waals surface area contributed by atoms with Crippen LogP contribution in [0.3, 0.4) is 0 Å². The zero-order valence-corrected chi connectivity index (χ0v) is 6.71. The van der Waals surface area contributed by atoms with Crippen molar-refractivity contribution >= 4 is 5.97 Å². The molecule has 1 unspecified atom stereocenters. The molecule has 1 atom stereocenters. The maximum atomic E-state index is 10.2. The summed E-state index contributed by atoms with van der Waals surface area (Å²) in [4.78, 5) is 10.2. The average Bonchev–Trinajstić information content (AvgIpc) is 1.81. The third-order valence-corrected chi connectivity index (χ3v) is 2.67. The molecule has 1 rings (SSSR count).